The van der Waals surface area contributed by atoms with E-state index in [0.29, 0.717) is 18.6 Å². The fraction of sp³-hybridized carbons (Fsp3) is 0.357. The Morgan fingerprint density at radius 2 is 1.50 bits per heavy atom. The number of halogens is 4. The van der Waals surface area contributed by atoms with Crippen molar-refractivity contribution in [2.75, 3.05) is 19.6 Å². The average molecular weight is 535 g/mol. The zero-order valence-electron chi connectivity index (χ0n) is 19.8. The highest BCUT2D eigenvalue weighted by Crippen LogP contribution is 2.44. The first-order chi connectivity index (χ1) is 16.6. The Hall–Kier alpha value is -2.38. The van der Waals surface area contributed by atoms with Crippen LogP contribution < -0.4 is 9.47 Å². The van der Waals surface area contributed by atoms with Gasteiger partial charge in [-0.1, -0.05) is 72.8 Å². The highest BCUT2D eigenvalue weighted by atomic mass is 35.5. The second-order valence-electron chi connectivity index (χ2n) is 9.51. The van der Waals surface area contributed by atoms with Gasteiger partial charge in [0, 0.05) is 43.2 Å². The summed E-state index contributed by atoms with van der Waals surface area (Å²) in [4.78, 5) is 5.09. The van der Waals surface area contributed by atoms with E-state index in [4.69, 9.17) is 4.74 Å². The lowest BCUT2D eigenvalue weighted by atomic mass is 9.82. The fourth-order valence-electron chi connectivity index (χ4n) is 6.01. The maximum Gasteiger partial charge on any atom is 0.586 e. The predicted molar refractivity (Wildman–Crippen MR) is 141 cm³/mol. The van der Waals surface area contributed by atoms with Crippen molar-refractivity contribution in [2.24, 2.45) is 0 Å². The van der Waals surface area contributed by atoms with Gasteiger partial charge >= 0.3 is 6.29 Å². The SMILES string of the molecule is Cl.Cl.FC1(F)Oc2cccc(CN3C[C@@H]4CCCN4[C@H](C(c4ccccc4)c4ccccc4)C3)c2O1. The van der Waals surface area contributed by atoms with Gasteiger partial charge in [-0.25, -0.2) is 0 Å². The molecule has 3 aliphatic rings. The molecule has 6 rings (SSSR count). The van der Waals surface area contributed by atoms with Gasteiger partial charge < -0.3 is 9.47 Å². The summed E-state index contributed by atoms with van der Waals surface area (Å²) >= 11 is 0. The van der Waals surface area contributed by atoms with Crippen molar-refractivity contribution < 1.29 is 18.3 Å². The molecule has 3 aromatic rings. The third-order valence-corrected chi connectivity index (χ3v) is 7.37. The van der Waals surface area contributed by atoms with Crippen LogP contribution in [-0.4, -0.2) is 47.8 Å². The van der Waals surface area contributed by atoms with Crippen molar-refractivity contribution in [1.82, 2.24) is 9.80 Å². The van der Waals surface area contributed by atoms with Gasteiger partial charge in [-0.15, -0.1) is 33.6 Å². The maximum atomic E-state index is 13.8. The first-order valence-electron chi connectivity index (χ1n) is 12.0. The number of hydrogen-bond donors (Lipinski definition) is 0. The Bertz CT molecular complexity index is 1110. The Balaban J connectivity index is 0.00000152. The van der Waals surface area contributed by atoms with E-state index in [9.17, 15) is 8.78 Å². The van der Waals surface area contributed by atoms with Crippen LogP contribution in [0.15, 0.2) is 78.9 Å². The lowest BCUT2D eigenvalue weighted by Gasteiger charge is -2.47. The number of ether oxygens (including phenoxy) is 2. The minimum Gasteiger partial charge on any atom is -0.395 e. The van der Waals surface area contributed by atoms with Crippen LogP contribution in [0.3, 0.4) is 0 Å². The van der Waals surface area contributed by atoms with Gasteiger partial charge in [0.15, 0.2) is 11.5 Å². The van der Waals surface area contributed by atoms with Crippen LogP contribution in [-0.2, 0) is 6.54 Å². The van der Waals surface area contributed by atoms with Gasteiger partial charge in [0.2, 0.25) is 0 Å². The van der Waals surface area contributed by atoms with Gasteiger partial charge in [0.1, 0.15) is 0 Å². The number of benzene rings is 3. The third-order valence-electron chi connectivity index (χ3n) is 7.37. The van der Waals surface area contributed by atoms with Crippen molar-refractivity contribution in [3.63, 3.8) is 0 Å². The molecule has 4 nitrogen and oxygen atoms in total. The molecular formula is C28H30Cl2F2N2O2. The normalized spacial score (nSPS) is 22.5. The van der Waals surface area contributed by atoms with E-state index in [0.717, 1.165) is 31.6 Å². The third kappa shape index (κ3) is 5.18. The van der Waals surface area contributed by atoms with Crippen LogP contribution in [0.2, 0.25) is 0 Å². The molecule has 36 heavy (non-hydrogen) atoms. The summed E-state index contributed by atoms with van der Waals surface area (Å²) < 4.78 is 37.1. The van der Waals surface area contributed by atoms with E-state index < -0.39 is 6.29 Å². The van der Waals surface area contributed by atoms with Crippen LogP contribution in [0.25, 0.3) is 0 Å². The van der Waals surface area contributed by atoms with Gasteiger partial charge in [-0.2, -0.15) is 0 Å². The molecule has 0 N–H and O–H groups in total. The number of para-hydroxylation sites is 1. The van der Waals surface area contributed by atoms with Crippen molar-refractivity contribution in [1.29, 1.82) is 0 Å². The van der Waals surface area contributed by atoms with Gasteiger partial charge in [-0.3, -0.25) is 9.80 Å². The lowest BCUT2D eigenvalue weighted by molar-refractivity contribution is -0.287. The Labute approximate surface area is 223 Å². The highest BCUT2D eigenvalue weighted by Gasteiger charge is 2.45. The quantitative estimate of drug-likeness (QED) is 0.381. The van der Waals surface area contributed by atoms with Crippen molar-refractivity contribution in [3.8, 4) is 11.5 Å². The van der Waals surface area contributed by atoms with Gasteiger partial charge in [0.25, 0.3) is 0 Å². The zero-order chi connectivity index (χ0) is 23.1. The topological polar surface area (TPSA) is 24.9 Å². The number of fused-ring (bicyclic) bond motifs is 2. The molecule has 8 heteroatoms. The van der Waals surface area contributed by atoms with Gasteiger partial charge in [-0.05, 0) is 36.6 Å². The Morgan fingerprint density at radius 3 is 2.17 bits per heavy atom. The maximum absolute atomic E-state index is 13.8. The standard InChI is InChI=1S/C28H28F2N2O2.2ClH/c29-28(30)33-25-15-7-13-22(27(25)34-28)17-31-18-23-14-8-16-32(23)24(19-31)26(20-9-3-1-4-10-20)21-11-5-2-6-12-21;;/h1-7,9-13,15,23-24,26H,8,14,16-19H2;2*1H/t23-,24-;;/m0../s1. The summed E-state index contributed by atoms with van der Waals surface area (Å²) in [5, 5.41) is 0. The molecule has 0 spiro atoms. The molecule has 0 unspecified atom stereocenters. The van der Waals surface area contributed by atoms with E-state index in [2.05, 4.69) is 75.2 Å². The molecule has 3 heterocycles. The van der Waals surface area contributed by atoms with Crippen molar-refractivity contribution in [3.05, 3.63) is 95.6 Å². The van der Waals surface area contributed by atoms with Crippen LogP contribution in [0.5, 0.6) is 11.5 Å². The molecule has 3 aliphatic heterocycles. The molecular weight excluding hydrogens is 505 g/mol. The molecule has 0 amide bonds. The van der Waals surface area contributed by atoms with Crippen molar-refractivity contribution in [2.45, 2.75) is 43.7 Å². The largest absolute Gasteiger partial charge is 0.586 e. The van der Waals surface area contributed by atoms with E-state index in [1.165, 1.54) is 23.6 Å². The molecule has 0 aromatic heterocycles. The molecule has 192 valence electrons. The number of rotatable bonds is 5. The summed E-state index contributed by atoms with van der Waals surface area (Å²) in [7, 11) is 0. The lowest BCUT2D eigenvalue weighted by Crippen LogP contribution is -2.57. The van der Waals surface area contributed by atoms with Crippen LogP contribution >= 0.6 is 24.8 Å². The molecule has 0 aliphatic carbocycles. The molecule has 0 radical (unpaired) electrons. The summed E-state index contributed by atoms with van der Waals surface area (Å²) in [5.41, 5.74) is 3.36. The van der Waals surface area contributed by atoms with E-state index in [1.807, 2.05) is 6.07 Å². The second-order valence-corrected chi connectivity index (χ2v) is 9.51. The summed E-state index contributed by atoms with van der Waals surface area (Å²) in [6.45, 7) is 3.43. The summed E-state index contributed by atoms with van der Waals surface area (Å²) in [6.07, 6.45) is -1.25. The van der Waals surface area contributed by atoms with Crippen molar-refractivity contribution >= 4 is 24.8 Å². The minimum absolute atomic E-state index is 0. The Kier molecular flexibility index (Phi) is 8.10. The Morgan fingerprint density at radius 1 is 0.833 bits per heavy atom. The number of nitrogens with zero attached hydrogens (tertiary/aromatic N) is 2. The number of alkyl halides is 2. The first kappa shape index (κ1) is 26.7. The van der Waals surface area contributed by atoms with Crippen LogP contribution in [0.4, 0.5) is 8.78 Å². The van der Waals surface area contributed by atoms with Crippen LogP contribution in [0, 0.1) is 0 Å². The molecule has 3 aromatic carbocycles. The molecule has 2 saturated heterocycles. The molecule has 2 fully saturated rings. The molecule has 0 bridgehead atoms. The van der Waals surface area contributed by atoms with E-state index in [-0.39, 0.29) is 42.2 Å². The fourth-order valence-corrected chi connectivity index (χ4v) is 6.01. The first-order valence-corrected chi connectivity index (χ1v) is 12.0. The minimum atomic E-state index is -3.60. The monoisotopic (exact) mass is 534 g/mol. The summed E-state index contributed by atoms with van der Waals surface area (Å²) in [5.74, 6) is 0.516. The number of hydrogen-bond acceptors (Lipinski definition) is 4. The van der Waals surface area contributed by atoms with Gasteiger partial charge in [0.05, 0.1) is 0 Å². The molecule has 2 atom stereocenters. The second kappa shape index (κ2) is 10.9. The summed E-state index contributed by atoms with van der Waals surface area (Å²) in [6, 6.07) is 27.4. The number of piperazine rings is 1. The van der Waals surface area contributed by atoms with E-state index >= 15 is 0 Å². The van der Waals surface area contributed by atoms with Crippen LogP contribution in [0.1, 0.15) is 35.4 Å². The zero-order valence-corrected chi connectivity index (χ0v) is 21.4. The predicted octanol–water partition coefficient (Wildman–Crippen LogP) is 6.33. The smallest absolute Gasteiger partial charge is 0.395 e. The average Bonchev–Trinajstić information content (AvgIpc) is 3.44. The van der Waals surface area contributed by atoms with E-state index in [1.54, 1.807) is 6.07 Å². The molecule has 0 saturated carbocycles. The highest BCUT2D eigenvalue weighted by molar-refractivity contribution is 5.85.